The van der Waals surface area contributed by atoms with Crippen molar-refractivity contribution in [1.29, 1.82) is 0 Å². The second-order valence-corrected chi connectivity index (χ2v) is 9.72. The summed E-state index contributed by atoms with van der Waals surface area (Å²) in [6, 6.07) is 0.868. The molecule has 2 atom stereocenters. The van der Waals surface area contributed by atoms with Crippen molar-refractivity contribution in [3.05, 3.63) is 0 Å². The summed E-state index contributed by atoms with van der Waals surface area (Å²) in [5.41, 5.74) is 0. The summed E-state index contributed by atoms with van der Waals surface area (Å²) in [6.45, 7) is 9.61. The highest BCUT2D eigenvalue weighted by Gasteiger charge is 2.40. The van der Waals surface area contributed by atoms with Crippen molar-refractivity contribution >= 4 is 26.3 Å². The Morgan fingerprint density at radius 3 is 2.18 bits per heavy atom. The summed E-state index contributed by atoms with van der Waals surface area (Å²) < 4.78 is 17.6. The van der Waals surface area contributed by atoms with E-state index in [9.17, 15) is 4.79 Å². The molecule has 1 aliphatic rings. The third-order valence-corrected chi connectivity index (χ3v) is 8.69. The molecule has 0 aromatic rings. The van der Waals surface area contributed by atoms with Crippen molar-refractivity contribution in [2.24, 2.45) is 5.92 Å². The van der Waals surface area contributed by atoms with E-state index in [1.807, 2.05) is 32.5 Å². The van der Waals surface area contributed by atoms with Gasteiger partial charge in [-0.25, -0.2) is 0 Å². The number of Topliss-reactive ketones (excluding diaryl/α,β-unsaturated/α-hetero) is 1. The van der Waals surface area contributed by atoms with E-state index in [0.29, 0.717) is 30.9 Å². The van der Waals surface area contributed by atoms with E-state index in [1.165, 1.54) is 12.8 Å². The lowest BCUT2D eigenvalue weighted by molar-refractivity contribution is -0.120. The average Bonchev–Trinajstić information content (AvgIpc) is 2.93. The van der Waals surface area contributed by atoms with Gasteiger partial charge in [-0.15, -0.1) is 0 Å². The maximum Gasteiger partial charge on any atom is 0.500 e. The zero-order valence-corrected chi connectivity index (χ0v) is 16.4. The molecule has 0 amide bonds. The normalized spacial score (nSPS) is 22.2. The largest absolute Gasteiger partial charge is 0.500 e. The molecule has 0 bridgehead atoms. The molecule has 130 valence electrons. The quantitative estimate of drug-likeness (QED) is 0.395. The van der Waals surface area contributed by atoms with Crippen LogP contribution in [0.3, 0.4) is 0 Å². The van der Waals surface area contributed by atoms with Gasteiger partial charge in [0.15, 0.2) is 0 Å². The minimum atomic E-state index is -2.49. The summed E-state index contributed by atoms with van der Waals surface area (Å²) in [5, 5.41) is 0.514. The predicted octanol–water partition coefficient (Wildman–Crippen LogP) is 3.92. The molecule has 0 saturated heterocycles. The number of ketones is 1. The Morgan fingerprint density at radius 1 is 1.09 bits per heavy atom. The highest BCUT2D eigenvalue weighted by molar-refractivity contribution is 7.99. The van der Waals surface area contributed by atoms with Gasteiger partial charge in [0.05, 0.1) is 0 Å². The van der Waals surface area contributed by atoms with Gasteiger partial charge in [-0.2, -0.15) is 11.8 Å². The van der Waals surface area contributed by atoms with Gasteiger partial charge < -0.3 is 13.3 Å². The molecule has 2 unspecified atom stereocenters. The summed E-state index contributed by atoms with van der Waals surface area (Å²) in [4.78, 5) is 11.6. The average molecular weight is 349 g/mol. The number of hydrogen-bond donors (Lipinski definition) is 0. The second-order valence-electron chi connectivity index (χ2n) is 5.64. The van der Waals surface area contributed by atoms with E-state index in [2.05, 4.69) is 0 Å². The Morgan fingerprint density at radius 2 is 1.68 bits per heavy atom. The highest BCUT2D eigenvalue weighted by Crippen LogP contribution is 2.36. The van der Waals surface area contributed by atoms with Gasteiger partial charge >= 0.3 is 8.80 Å². The van der Waals surface area contributed by atoms with Gasteiger partial charge in [-0.1, -0.05) is 6.42 Å². The molecule has 1 rings (SSSR count). The first-order valence-corrected chi connectivity index (χ1v) is 11.6. The Hall–Kier alpha value is 0.117. The minimum Gasteiger partial charge on any atom is -0.374 e. The zero-order valence-electron chi connectivity index (χ0n) is 14.6. The van der Waals surface area contributed by atoms with Crippen LogP contribution in [0.15, 0.2) is 0 Å². The molecule has 0 radical (unpaired) electrons. The fourth-order valence-corrected chi connectivity index (χ4v) is 7.49. The Balaban J connectivity index is 2.40. The van der Waals surface area contributed by atoms with Gasteiger partial charge in [0, 0.05) is 37.0 Å². The van der Waals surface area contributed by atoms with Gasteiger partial charge in [0.25, 0.3) is 0 Å². The fraction of sp³-hybridized carbons (Fsp3) is 0.938. The standard InChI is InChI=1S/C16H32O4SSi/c1-5-18-22(19-6-2,20-7-3)13-9-12-21-16-11-8-10-15(16)14(4)17/h15-16H,5-13H2,1-4H3. The lowest BCUT2D eigenvalue weighted by atomic mass is 10.0. The van der Waals surface area contributed by atoms with Crippen molar-refractivity contribution in [3.8, 4) is 0 Å². The summed E-state index contributed by atoms with van der Waals surface area (Å²) in [6.07, 6.45) is 4.47. The van der Waals surface area contributed by atoms with Gasteiger partial charge in [-0.3, -0.25) is 4.79 Å². The molecule has 0 aliphatic heterocycles. The van der Waals surface area contributed by atoms with Crippen molar-refractivity contribution < 1.29 is 18.1 Å². The molecule has 22 heavy (non-hydrogen) atoms. The molecule has 0 spiro atoms. The van der Waals surface area contributed by atoms with Crippen LogP contribution in [-0.2, 0) is 18.1 Å². The third kappa shape index (κ3) is 6.32. The monoisotopic (exact) mass is 348 g/mol. The SMILES string of the molecule is CCO[Si](CCCSC1CCCC1C(C)=O)(OCC)OCC. The highest BCUT2D eigenvalue weighted by atomic mass is 32.2. The molecule has 6 heteroatoms. The molecule has 0 heterocycles. The van der Waals surface area contributed by atoms with E-state index in [1.54, 1.807) is 6.92 Å². The van der Waals surface area contributed by atoms with Gasteiger partial charge in [0.2, 0.25) is 0 Å². The van der Waals surface area contributed by atoms with Crippen molar-refractivity contribution in [1.82, 2.24) is 0 Å². The number of carbonyl (C=O) groups excluding carboxylic acids is 1. The third-order valence-electron chi connectivity index (χ3n) is 4.03. The summed E-state index contributed by atoms with van der Waals surface area (Å²) in [5.74, 6) is 1.69. The van der Waals surface area contributed by atoms with Gasteiger partial charge in [0.1, 0.15) is 5.78 Å². The molecule has 1 saturated carbocycles. The van der Waals surface area contributed by atoms with Gasteiger partial charge in [-0.05, 0) is 52.7 Å². The van der Waals surface area contributed by atoms with Crippen LogP contribution in [0.2, 0.25) is 6.04 Å². The number of thioether (sulfide) groups is 1. The van der Waals surface area contributed by atoms with E-state index in [4.69, 9.17) is 13.3 Å². The molecule has 1 aliphatic carbocycles. The smallest absolute Gasteiger partial charge is 0.374 e. The number of carbonyl (C=O) groups is 1. The number of hydrogen-bond acceptors (Lipinski definition) is 5. The lowest BCUT2D eigenvalue weighted by Gasteiger charge is -2.28. The van der Waals surface area contributed by atoms with E-state index in [0.717, 1.165) is 24.6 Å². The van der Waals surface area contributed by atoms with E-state index >= 15 is 0 Å². The van der Waals surface area contributed by atoms with Crippen LogP contribution in [0.5, 0.6) is 0 Å². The molecule has 0 aromatic carbocycles. The van der Waals surface area contributed by atoms with Crippen LogP contribution >= 0.6 is 11.8 Å². The van der Waals surface area contributed by atoms with Crippen LogP contribution in [0.1, 0.15) is 53.4 Å². The van der Waals surface area contributed by atoms with Crippen LogP contribution in [-0.4, -0.2) is 45.4 Å². The maximum absolute atomic E-state index is 11.6. The molecular weight excluding hydrogens is 316 g/mol. The topological polar surface area (TPSA) is 44.8 Å². The van der Waals surface area contributed by atoms with Crippen LogP contribution in [0.25, 0.3) is 0 Å². The first-order chi connectivity index (χ1) is 10.6. The van der Waals surface area contributed by atoms with Crippen LogP contribution < -0.4 is 0 Å². The number of rotatable bonds is 12. The van der Waals surface area contributed by atoms with Crippen LogP contribution in [0, 0.1) is 5.92 Å². The molecule has 1 fully saturated rings. The Bertz CT molecular complexity index is 310. The van der Waals surface area contributed by atoms with Crippen molar-refractivity contribution in [2.75, 3.05) is 25.6 Å². The first kappa shape index (κ1) is 20.2. The Kier molecular flexibility index (Phi) is 9.91. The van der Waals surface area contributed by atoms with E-state index in [-0.39, 0.29) is 5.92 Å². The first-order valence-electron chi connectivity index (χ1n) is 8.62. The van der Waals surface area contributed by atoms with Crippen LogP contribution in [0.4, 0.5) is 0 Å². The van der Waals surface area contributed by atoms with Crippen molar-refractivity contribution in [3.63, 3.8) is 0 Å². The molecule has 0 aromatic heterocycles. The second kappa shape index (κ2) is 10.8. The molecule has 4 nitrogen and oxygen atoms in total. The lowest BCUT2D eigenvalue weighted by Crippen LogP contribution is -2.46. The minimum absolute atomic E-state index is 0.276. The van der Waals surface area contributed by atoms with Crippen molar-refractivity contribution in [2.45, 2.75) is 64.7 Å². The predicted molar refractivity (Wildman–Crippen MR) is 94.3 cm³/mol. The van der Waals surface area contributed by atoms with E-state index < -0.39 is 8.80 Å². The maximum atomic E-state index is 11.6. The summed E-state index contributed by atoms with van der Waals surface area (Å²) in [7, 11) is -2.49. The molecule has 0 N–H and O–H groups in total. The fourth-order valence-electron chi connectivity index (χ4n) is 3.12. The molecular formula is C16H32O4SSi. The Labute approximate surface area is 141 Å². The zero-order chi connectivity index (χ0) is 16.4. The summed E-state index contributed by atoms with van der Waals surface area (Å²) >= 11 is 1.95.